The van der Waals surface area contributed by atoms with Gasteiger partial charge in [0.1, 0.15) is 13.2 Å². The minimum Gasteiger partial charge on any atom is -0.462 e. The van der Waals surface area contributed by atoms with Gasteiger partial charge >= 0.3 is 17.9 Å². The van der Waals surface area contributed by atoms with E-state index in [0.29, 0.717) is 19.3 Å². The summed E-state index contributed by atoms with van der Waals surface area (Å²) >= 11 is 0. The summed E-state index contributed by atoms with van der Waals surface area (Å²) in [6.45, 7) is 9.04. The minimum atomic E-state index is -0.760. The third-order valence-corrected chi connectivity index (χ3v) is 12.3. The molecule has 0 unspecified atom stereocenters. The van der Waals surface area contributed by atoms with Crippen molar-refractivity contribution < 1.29 is 28.6 Å². The number of hydrogen-bond acceptors (Lipinski definition) is 6. The van der Waals surface area contributed by atoms with Gasteiger partial charge in [0, 0.05) is 19.3 Å². The molecule has 0 amide bonds. The van der Waals surface area contributed by atoms with Gasteiger partial charge < -0.3 is 14.2 Å². The van der Waals surface area contributed by atoms with Crippen molar-refractivity contribution in [1.29, 1.82) is 0 Å². The molecule has 6 heteroatoms. The van der Waals surface area contributed by atoms with Crippen molar-refractivity contribution in [3.63, 3.8) is 0 Å². The molecule has 0 rings (SSSR count). The fourth-order valence-electron chi connectivity index (χ4n) is 8.22. The second-order valence-electron chi connectivity index (χ2n) is 19.0. The number of hydrogen-bond donors (Lipinski definition) is 0. The average Bonchev–Trinajstić information content (AvgIpc) is 3.23. The highest BCUT2D eigenvalue weighted by Gasteiger charge is 2.19. The molecule has 0 aliphatic heterocycles. The Morgan fingerprint density at radius 1 is 0.317 bits per heavy atom. The van der Waals surface area contributed by atoms with E-state index in [0.717, 1.165) is 63.7 Å². The number of ether oxygens (including phenoxy) is 3. The second-order valence-corrected chi connectivity index (χ2v) is 19.0. The van der Waals surface area contributed by atoms with Crippen molar-refractivity contribution in [2.24, 2.45) is 5.92 Å². The van der Waals surface area contributed by atoms with Crippen LogP contribution in [0.1, 0.15) is 304 Å². The Labute approximate surface area is 374 Å². The van der Waals surface area contributed by atoms with Gasteiger partial charge in [0.25, 0.3) is 0 Å². The van der Waals surface area contributed by atoms with Crippen molar-refractivity contribution in [1.82, 2.24) is 0 Å². The zero-order valence-corrected chi connectivity index (χ0v) is 40.9. The zero-order valence-electron chi connectivity index (χ0n) is 40.9. The van der Waals surface area contributed by atoms with Crippen LogP contribution in [0.25, 0.3) is 0 Å². The van der Waals surface area contributed by atoms with Crippen molar-refractivity contribution in [3.05, 3.63) is 0 Å². The van der Waals surface area contributed by atoms with Crippen molar-refractivity contribution in [2.45, 2.75) is 310 Å². The molecule has 0 fully saturated rings. The lowest BCUT2D eigenvalue weighted by molar-refractivity contribution is -0.167. The Kier molecular flexibility index (Phi) is 47.2. The number of carbonyl (C=O) groups excluding carboxylic acids is 3. The van der Waals surface area contributed by atoms with Gasteiger partial charge in [-0.3, -0.25) is 14.4 Å². The van der Waals surface area contributed by atoms with Gasteiger partial charge in [-0.05, 0) is 25.2 Å². The summed E-state index contributed by atoms with van der Waals surface area (Å²) in [6.07, 6.45) is 50.8. The van der Waals surface area contributed by atoms with E-state index >= 15 is 0 Å². The van der Waals surface area contributed by atoms with Crippen LogP contribution in [0, 0.1) is 5.92 Å². The van der Waals surface area contributed by atoms with Crippen molar-refractivity contribution in [3.8, 4) is 0 Å². The van der Waals surface area contributed by atoms with Gasteiger partial charge in [0.15, 0.2) is 6.10 Å². The maximum absolute atomic E-state index is 12.8. The summed E-state index contributed by atoms with van der Waals surface area (Å²) in [4.78, 5) is 38.0. The first-order valence-electron chi connectivity index (χ1n) is 26.9. The second kappa shape index (κ2) is 48.4. The molecule has 0 saturated carbocycles. The molecular weight excluding hydrogens is 745 g/mol. The molecule has 0 heterocycles. The van der Waals surface area contributed by atoms with Crippen LogP contribution >= 0.6 is 0 Å². The minimum absolute atomic E-state index is 0.0623. The molecule has 60 heavy (non-hydrogen) atoms. The van der Waals surface area contributed by atoms with Crippen LogP contribution in [0.5, 0.6) is 0 Å². The van der Waals surface area contributed by atoms with Crippen molar-refractivity contribution >= 4 is 17.9 Å². The summed E-state index contributed by atoms with van der Waals surface area (Å²) in [6, 6.07) is 0. The molecule has 0 aliphatic carbocycles. The summed E-state index contributed by atoms with van der Waals surface area (Å²) in [5.41, 5.74) is 0. The molecule has 0 saturated heterocycles. The van der Waals surface area contributed by atoms with E-state index in [1.807, 2.05) is 0 Å². The Morgan fingerprint density at radius 3 is 0.817 bits per heavy atom. The third kappa shape index (κ3) is 47.5. The van der Waals surface area contributed by atoms with Crippen LogP contribution in [0.4, 0.5) is 0 Å². The first-order valence-corrected chi connectivity index (χ1v) is 26.9. The van der Waals surface area contributed by atoms with Crippen molar-refractivity contribution in [2.75, 3.05) is 13.2 Å². The van der Waals surface area contributed by atoms with E-state index in [9.17, 15) is 14.4 Å². The average molecular weight is 849 g/mol. The van der Waals surface area contributed by atoms with Gasteiger partial charge in [-0.2, -0.15) is 0 Å². The Bertz CT molecular complexity index is 903. The fraction of sp³-hybridized carbons (Fsp3) is 0.944. The van der Waals surface area contributed by atoms with E-state index in [2.05, 4.69) is 27.7 Å². The monoisotopic (exact) mass is 849 g/mol. The summed E-state index contributed by atoms with van der Waals surface area (Å²) in [7, 11) is 0. The number of unbranched alkanes of at least 4 members (excludes halogenated alkanes) is 36. The predicted octanol–water partition coefficient (Wildman–Crippen LogP) is 17.5. The fourth-order valence-corrected chi connectivity index (χ4v) is 8.22. The molecule has 0 bridgehead atoms. The maximum Gasteiger partial charge on any atom is 0.306 e. The molecule has 0 aliphatic rings. The van der Waals surface area contributed by atoms with E-state index in [4.69, 9.17) is 14.2 Å². The van der Waals surface area contributed by atoms with Gasteiger partial charge in [-0.25, -0.2) is 0 Å². The molecule has 6 nitrogen and oxygen atoms in total. The zero-order chi connectivity index (χ0) is 43.8. The summed E-state index contributed by atoms with van der Waals surface area (Å²) in [5.74, 6) is 0.00349. The van der Waals surface area contributed by atoms with E-state index in [-0.39, 0.29) is 31.1 Å². The molecule has 0 spiro atoms. The lowest BCUT2D eigenvalue weighted by atomic mass is 10.0. The molecule has 0 radical (unpaired) electrons. The standard InChI is InChI=1S/C54H104O6/c1-5-7-9-11-13-15-17-18-22-27-31-35-39-43-47-54(57)60-51(48-58-52(55)45-41-37-33-29-24-16-14-12-10-8-6-2)49-59-53(56)46-42-38-34-30-26-23-20-19-21-25-28-32-36-40-44-50(3)4/h50-51H,5-49H2,1-4H3/t51-/m0/s1. The molecule has 0 aromatic carbocycles. The Balaban J connectivity index is 4.27. The van der Waals surface area contributed by atoms with Crippen LogP contribution in [0.2, 0.25) is 0 Å². The molecule has 0 aromatic rings. The highest BCUT2D eigenvalue weighted by Crippen LogP contribution is 2.17. The SMILES string of the molecule is CCCCCCCCCCCCCCCCC(=O)O[C@@H](COC(=O)CCCCCCCCCCCCC)COC(=O)CCCCCCCCCCCCCCCCC(C)C. The summed E-state index contributed by atoms with van der Waals surface area (Å²) in [5, 5.41) is 0. The molecular formula is C54H104O6. The van der Waals surface area contributed by atoms with E-state index in [1.54, 1.807) is 0 Å². The number of carbonyl (C=O) groups is 3. The normalized spacial score (nSPS) is 11.9. The Hall–Kier alpha value is -1.59. The first-order chi connectivity index (χ1) is 29.4. The number of rotatable bonds is 49. The van der Waals surface area contributed by atoms with Crippen LogP contribution in [0.15, 0.2) is 0 Å². The highest BCUT2D eigenvalue weighted by atomic mass is 16.6. The Morgan fingerprint density at radius 2 is 0.550 bits per heavy atom. The summed E-state index contributed by atoms with van der Waals surface area (Å²) < 4.78 is 16.8. The molecule has 0 aromatic heterocycles. The molecule has 1 atom stereocenters. The van der Waals surface area contributed by atoms with E-state index < -0.39 is 6.10 Å². The highest BCUT2D eigenvalue weighted by molar-refractivity contribution is 5.71. The molecule has 356 valence electrons. The van der Waals surface area contributed by atoms with Gasteiger partial charge in [0.2, 0.25) is 0 Å². The predicted molar refractivity (Wildman–Crippen MR) is 257 cm³/mol. The lowest BCUT2D eigenvalue weighted by Gasteiger charge is -2.18. The lowest BCUT2D eigenvalue weighted by Crippen LogP contribution is -2.30. The van der Waals surface area contributed by atoms with Gasteiger partial charge in [0.05, 0.1) is 0 Å². The van der Waals surface area contributed by atoms with E-state index in [1.165, 1.54) is 199 Å². The van der Waals surface area contributed by atoms with Crippen LogP contribution in [0.3, 0.4) is 0 Å². The van der Waals surface area contributed by atoms with Gasteiger partial charge in [-0.1, -0.05) is 265 Å². The third-order valence-electron chi connectivity index (χ3n) is 12.3. The maximum atomic E-state index is 12.8. The van der Waals surface area contributed by atoms with Crippen LogP contribution < -0.4 is 0 Å². The quantitative estimate of drug-likeness (QED) is 0.0345. The van der Waals surface area contributed by atoms with Gasteiger partial charge in [-0.15, -0.1) is 0 Å². The topological polar surface area (TPSA) is 78.9 Å². The number of esters is 3. The largest absolute Gasteiger partial charge is 0.462 e. The molecule has 0 N–H and O–H groups in total. The van der Waals surface area contributed by atoms with Crippen LogP contribution in [-0.2, 0) is 28.6 Å². The van der Waals surface area contributed by atoms with Crippen LogP contribution in [-0.4, -0.2) is 37.2 Å². The smallest absolute Gasteiger partial charge is 0.306 e. The first kappa shape index (κ1) is 58.4.